The van der Waals surface area contributed by atoms with Crippen molar-refractivity contribution in [1.82, 2.24) is 30.3 Å². The molecule has 0 spiro atoms. The number of hydrogen-bond donors (Lipinski definition) is 0. The summed E-state index contributed by atoms with van der Waals surface area (Å²) in [5.41, 5.74) is 0.935. The van der Waals surface area contributed by atoms with Gasteiger partial charge in [-0.15, -0.1) is 5.10 Å². The van der Waals surface area contributed by atoms with Crippen LogP contribution >= 0.6 is 11.8 Å². The van der Waals surface area contributed by atoms with Gasteiger partial charge in [-0.2, -0.15) is 4.98 Å². The van der Waals surface area contributed by atoms with Crippen molar-refractivity contribution in [2.24, 2.45) is 5.92 Å². The molecule has 2 heterocycles. The molecule has 1 atom stereocenters. The molecule has 0 saturated heterocycles. The van der Waals surface area contributed by atoms with Crippen LogP contribution in [-0.4, -0.2) is 30.3 Å². The first-order valence-electron chi connectivity index (χ1n) is 7.45. The molecule has 0 bridgehead atoms. The lowest BCUT2D eigenvalue weighted by molar-refractivity contribution is 0.380. The molecular weight excluding hydrogens is 312 g/mol. The Bertz CT molecular complexity index is 754. The minimum atomic E-state index is -0.0307. The predicted molar refractivity (Wildman–Crippen MR) is 86.7 cm³/mol. The first kappa shape index (κ1) is 15.7. The maximum absolute atomic E-state index is 5.39. The minimum Gasteiger partial charge on any atom is -0.338 e. The molecule has 3 rings (SSSR count). The van der Waals surface area contributed by atoms with E-state index in [4.69, 9.17) is 4.52 Å². The van der Waals surface area contributed by atoms with E-state index < -0.39 is 0 Å². The van der Waals surface area contributed by atoms with Crippen molar-refractivity contribution >= 4 is 11.8 Å². The maximum atomic E-state index is 5.39. The van der Waals surface area contributed by atoms with Crippen LogP contribution in [0.4, 0.5) is 0 Å². The van der Waals surface area contributed by atoms with Crippen LogP contribution in [-0.2, 0) is 6.54 Å². The molecule has 1 unspecified atom stereocenters. The van der Waals surface area contributed by atoms with Gasteiger partial charge in [-0.3, -0.25) is 0 Å². The fourth-order valence-electron chi connectivity index (χ4n) is 2.05. The van der Waals surface area contributed by atoms with Gasteiger partial charge < -0.3 is 4.52 Å². The lowest BCUT2D eigenvalue weighted by Crippen LogP contribution is -2.08. The van der Waals surface area contributed by atoms with Gasteiger partial charge >= 0.3 is 0 Å². The van der Waals surface area contributed by atoms with Crippen molar-refractivity contribution in [1.29, 1.82) is 0 Å². The number of thioether (sulfide) groups is 1. The third kappa shape index (κ3) is 3.76. The highest BCUT2D eigenvalue weighted by molar-refractivity contribution is 7.99. The lowest BCUT2D eigenvalue weighted by atomic mass is 10.2. The number of aromatic nitrogens is 6. The summed E-state index contributed by atoms with van der Waals surface area (Å²) >= 11 is 1.51. The summed E-state index contributed by atoms with van der Waals surface area (Å²) in [6, 6.07) is 9.76. The van der Waals surface area contributed by atoms with Crippen molar-refractivity contribution < 1.29 is 4.52 Å². The van der Waals surface area contributed by atoms with Gasteiger partial charge in [0, 0.05) is 12.1 Å². The van der Waals surface area contributed by atoms with Crippen LogP contribution in [0.3, 0.4) is 0 Å². The van der Waals surface area contributed by atoms with Gasteiger partial charge in [-0.05, 0) is 23.3 Å². The monoisotopic (exact) mass is 330 g/mol. The summed E-state index contributed by atoms with van der Waals surface area (Å²) in [5.74, 6) is 1.63. The number of benzene rings is 1. The van der Waals surface area contributed by atoms with E-state index in [1.165, 1.54) is 11.8 Å². The SMILES string of the molecule is CC(C)Cn1nnnc1SC(C)c1nc(-c2ccccc2)no1. The highest BCUT2D eigenvalue weighted by atomic mass is 32.2. The van der Waals surface area contributed by atoms with Gasteiger partial charge in [0.15, 0.2) is 0 Å². The van der Waals surface area contributed by atoms with Crippen molar-refractivity contribution in [2.75, 3.05) is 0 Å². The highest BCUT2D eigenvalue weighted by Crippen LogP contribution is 2.33. The normalized spacial score (nSPS) is 12.7. The quantitative estimate of drug-likeness (QED) is 0.642. The van der Waals surface area contributed by atoms with Crippen molar-refractivity contribution in [3.8, 4) is 11.4 Å². The Morgan fingerprint density at radius 2 is 1.96 bits per heavy atom. The van der Waals surface area contributed by atoms with E-state index in [0.29, 0.717) is 17.6 Å². The third-order valence-electron chi connectivity index (χ3n) is 3.14. The molecule has 3 aromatic rings. The van der Waals surface area contributed by atoms with E-state index in [2.05, 4.69) is 39.5 Å². The second-order valence-electron chi connectivity index (χ2n) is 5.62. The molecule has 8 heteroatoms. The predicted octanol–water partition coefficient (Wildman–Crippen LogP) is 3.23. The minimum absolute atomic E-state index is 0.0307. The van der Waals surface area contributed by atoms with Gasteiger partial charge in [0.1, 0.15) is 0 Å². The molecule has 1 aromatic carbocycles. The standard InChI is InChI=1S/C15H18N6OS/c1-10(2)9-21-15(17-19-20-21)23-11(3)14-16-13(18-22-14)12-7-5-4-6-8-12/h4-8,10-11H,9H2,1-3H3. The molecule has 0 N–H and O–H groups in total. The molecule has 0 fully saturated rings. The highest BCUT2D eigenvalue weighted by Gasteiger charge is 2.20. The van der Waals surface area contributed by atoms with Crippen LogP contribution in [0.5, 0.6) is 0 Å². The molecule has 0 amide bonds. The number of nitrogens with zero attached hydrogens (tertiary/aromatic N) is 6. The molecular formula is C15H18N6OS. The van der Waals surface area contributed by atoms with E-state index in [9.17, 15) is 0 Å². The smallest absolute Gasteiger partial charge is 0.240 e. The Morgan fingerprint density at radius 3 is 2.70 bits per heavy atom. The first-order valence-corrected chi connectivity index (χ1v) is 8.33. The zero-order valence-electron chi connectivity index (χ0n) is 13.2. The van der Waals surface area contributed by atoms with Crippen LogP contribution in [0, 0.1) is 5.92 Å². The zero-order chi connectivity index (χ0) is 16.2. The van der Waals surface area contributed by atoms with Gasteiger partial charge in [0.25, 0.3) is 0 Å². The second-order valence-corrected chi connectivity index (χ2v) is 6.93. The van der Waals surface area contributed by atoms with E-state index in [-0.39, 0.29) is 5.25 Å². The zero-order valence-corrected chi connectivity index (χ0v) is 14.1. The summed E-state index contributed by atoms with van der Waals surface area (Å²) in [6.45, 7) is 7.04. The second kappa shape index (κ2) is 6.91. The van der Waals surface area contributed by atoms with Crippen molar-refractivity contribution in [3.63, 3.8) is 0 Å². The number of tetrazole rings is 1. The first-order chi connectivity index (χ1) is 11.1. The van der Waals surface area contributed by atoms with E-state index in [1.54, 1.807) is 4.68 Å². The summed E-state index contributed by atoms with van der Waals surface area (Å²) in [4.78, 5) is 4.48. The van der Waals surface area contributed by atoms with Gasteiger partial charge in [0.2, 0.25) is 16.9 Å². The molecule has 7 nitrogen and oxygen atoms in total. The number of rotatable bonds is 6. The molecule has 120 valence electrons. The average Bonchev–Trinajstić information content (AvgIpc) is 3.18. The van der Waals surface area contributed by atoms with Gasteiger partial charge in [-0.1, -0.05) is 61.1 Å². The lowest BCUT2D eigenvalue weighted by Gasteiger charge is -2.08. The Morgan fingerprint density at radius 1 is 1.17 bits per heavy atom. The molecule has 0 aliphatic heterocycles. The molecule has 0 radical (unpaired) electrons. The van der Waals surface area contributed by atoms with E-state index in [1.807, 2.05) is 37.3 Å². The van der Waals surface area contributed by atoms with Crippen LogP contribution in [0.15, 0.2) is 40.0 Å². The Kier molecular flexibility index (Phi) is 4.71. The summed E-state index contributed by atoms with van der Waals surface area (Å²) in [6.07, 6.45) is 0. The average molecular weight is 330 g/mol. The van der Waals surface area contributed by atoms with Crippen LogP contribution < -0.4 is 0 Å². The summed E-state index contributed by atoms with van der Waals surface area (Å²) in [5, 5.41) is 16.6. The summed E-state index contributed by atoms with van der Waals surface area (Å²) in [7, 11) is 0. The molecule has 0 aliphatic carbocycles. The number of hydrogen-bond acceptors (Lipinski definition) is 7. The maximum Gasteiger partial charge on any atom is 0.240 e. The summed E-state index contributed by atoms with van der Waals surface area (Å²) < 4.78 is 7.20. The molecule has 0 aliphatic rings. The van der Waals surface area contributed by atoms with Crippen LogP contribution in [0.1, 0.15) is 31.9 Å². The van der Waals surface area contributed by atoms with E-state index in [0.717, 1.165) is 17.3 Å². The molecule has 23 heavy (non-hydrogen) atoms. The Hall–Kier alpha value is -2.22. The third-order valence-corrected chi connectivity index (χ3v) is 4.20. The van der Waals surface area contributed by atoms with E-state index >= 15 is 0 Å². The Balaban J connectivity index is 1.73. The Labute approximate surface area is 138 Å². The fourth-order valence-corrected chi connectivity index (χ4v) is 2.88. The molecule has 0 saturated carbocycles. The van der Waals surface area contributed by atoms with Crippen LogP contribution in [0.2, 0.25) is 0 Å². The largest absolute Gasteiger partial charge is 0.338 e. The van der Waals surface area contributed by atoms with Crippen LogP contribution in [0.25, 0.3) is 11.4 Å². The van der Waals surface area contributed by atoms with Crippen molar-refractivity contribution in [2.45, 2.75) is 37.7 Å². The topological polar surface area (TPSA) is 82.5 Å². The molecule has 2 aromatic heterocycles. The van der Waals surface area contributed by atoms with Gasteiger partial charge in [0.05, 0.1) is 5.25 Å². The van der Waals surface area contributed by atoms with Gasteiger partial charge in [-0.25, -0.2) is 4.68 Å². The van der Waals surface area contributed by atoms with Crippen molar-refractivity contribution in [3.05, 3.63) is 36.2 Å². The fraction of sp³-hybridized carbons (Fsp3) is 0.400.